The number of rotatable bonds is 2. The zero-order valence-electron chi connectivity index (χ0n) is 7.02. The molecule has 0 aromatic carbocycles. The molecule has 1 rings (SSSR count). The minimum atomic E-state index is 0.0672. The van der Waals surface area contributed by atoms with Crippen molar-refractivity contribution in [1.82, 2.24) is 5.16 Å². The normalized spacial score (nSPS) is 12.0. The molecule has 1 aromatic heterocycles. The molecule has 0 saturated carbocycles. The van der Waals surface area contributed by atoms with E-state index in [0.717, 1.165) is 16.8 Å². The molecule has 0 aliphatic heterocycles. The van der Waals surface area contributed by atoms with Crippen molar-refractivity contribution in [2.75, 3.05) is 5.33 Å². The van der Waals surface area contributed by atoms with Gasteiger partial charge in [0.05, 0.1) is 5.69 Å². The molecular formula is C8H12BrNO. The van der Waals surface area contributed by atoms with E-state index >= 15 is 0 Å². The van der Waals surface area contributed by atoms with Crippen LogP contribution in [-0.2, 0) is 5.41 Å². The standard InChI is InChI=1S/C8H12BrNO/c1-6-4-7(10-11-6)8(2,3)5-9/h4H,5H2,1-3H3. The van der Waals surface area contributed by atoms with Crippen LogP contribution in [0.5, 0.6) is 0 Å². The lowest BCUT2D eigenvalue weighted by Crippen LogP contribution is -2.18. The number of hydrogen-bond acceptors (Lipinski definition) is 2. The van der Waals surface area contributed by atoms with Crippen LogP contribution in [0.25, 0.3) is 0 Å². The van der Waals surface area contributed by atoms with Crippen LogP contribution in [0.15, 0.2) is 10.6 Å². The SMILES string of the molecule is Cc1cc(C(C)(C)CBr)no1. The molecule has 1 aromatic rings. The summed E-state index contributed by atoms with van der Waals surface area (Å²) < 4.78 is 4.98. The van der Waals surface area contributed by atoms with E-state index in [-0.39, 0.29) is 5.41 Å². The van der Waals surface area contributed by atoms with Gasteiger partial charge in [-0.25, -0.2) is 0 Å². The van der Waals surface area contributed by atoms with E-state index in [1.807, 2.05) is 13.0 Å². The van der Waals surface area contributed by atoms with E-state index in [2.05, 4.69) is 34.9 Å². The molecule has 62 valence electrons. The van der Waals surface area contributed by atoms with Gasteiger partial charge in [-0.3, -0.25) is 0 Å². The molecule has 0 atom stereocenters. The molecule has 2 nitrogen and oxygen atoms in total. The smallest absolute Gasteiger partial charge is 0.133 e. The Hall–Kier alpha value is -0.310. The number of alkyl halides is 1. The van der Waals surface area contributed by atoms with Crippen molar-refractivity contribution in [3.63, 3.8) is 0 Å². The van der Waals surface area contributed by atoms with Gasteiger partial charge in [-0.15, -0.1) is 0 Å². The minimum Gasteiger partial charge on any atom is -0.361 e. The summed E-state index contributed by atoms with van der Waals surface area (Å²) in [4.78, 5) is 0. The average molecular weight is 218 g/mol. The van der Waals surface area contributed by atoms with Crippen molar-refractivity contribution in [2.45, 2.75) is 26.2 Å². The Balaban J connectivity index is 2.92. The number of aromatic nitrogens is 1. The van der Waals surface area contributed by atoms with Gasteiger partial charge in [0, 0.05) is 16.8 Å². The molecule has 0 bridgehead atoms. The van der Waals surface area contributed by atoms with E-state index in [1.165, 1.54) is 0 Å². The fraction of sp³-hybridized carbons (Fsp3) is 0.625. The topological polar surface area (TPSA) is 26.0 Å². The van der Waals surface area contributed by atoms with Crippen LogP contribution in [0.1, 0.15) is 25.3 Å². The van der Waals surface area contributed by atoms with Gasteiger partial charge in [0.1, 0.15) is 5.76 Å². The molecule has 0 radical (unpaired) electrons. The Labute approximate surface area is 75.1 Å². The van der Waals surface area contributed by atoms with E-state index in [9.17, 15) is 0 Å². The van der Waals surface area contributed by atoms with E-state index in [1.54, 1.807) is 0 Å². The summed E-state index contributed by atoms with van der Waals surface area (Å²) in [6, 6.07) is 1.97. The van der Waals surface area contributed by atoms with E-state index in [0.29, 0.717) is 0 Å². The van der Waals surface area contributed by atoms with Gasteiger partial charge in [-0.1, -0.05) is 34.9 Å². The number of hydrogen-bond donors (Lipinski definition) is 0. The van der Waals surface area contributed by atoms with Gasteiger partial charge in [0.15, 0.2) is 0 Å². The Bertz CT molecular complexity index is 242. The Kier molecular flexibility index (Phi) is 2.37. The Morgan fingerprint density at radius 1 is 1.64 bits per heavy atom. The molecular weight excluding hydrogens is 206 g/mol. The van der Waals surface area contributed by atoms with Gasteiger partial charge < -0.3 is 4.52 Å². The highest BCUT2D eigenvalue weighted by Gasteiger charge is 2.22. The molecule has 0 aliphatic rings. The second-order valence-electron chi connectivity index (χ2n) is 3.34. The average Bonchev–Trinajstić information content (AvgIpc) is 2.36. The molecule has 0 fully saturated rings. The maximum Gasteiger partial charge on any atom is 0.133 e. The van der Waals surface area contributed by atoms with Crippen molar-refractivity contribution in [1.29, 1.82) is 0 Å². The Morgan fingerprint density at radius 3 is 2.64 bits per heavy atom. The number of halogens is 1. The van der Waals surface area contributed by atoms with Gasteiger partial charge in [-0.2, -0.15) is 0 Å². The summed E-state index contributed by atoms with van der Waals surface area (Å²) in [5, 5.41) is 4.85. The summed E-state index contributed by atoms with van der Waals surface area (Å²) in [6.07, 6.45) is 0. The fourth-order valence-electron chi connectivity index (χ4n) is 0.754. The predicted octanol–water partition coefficient (Wildman–Crippen LogP) is 2.66. The highest BCUT2D eigenvalue weighted by Crippen LogP contribution is 2.24. The Morgan fingerprint density at radius 2 is 2.27 bits per heavy atom. The zero-order valence-corrected chi connectivity index (χ0v) is 8.60. The number of aryl methyl sites for hydroxylation is 1. The third-order valence-corrected chi connectivity index (χ3v) is 3.06. The van der Waals surface area contributed by atoms with Crippen LogP contribution in [-0.4, -0.2) is 10.5 Å². The zero-order chi connectivity index (χ0) is 8.48. The maximum absolute atomic E-state index is 4.98. The molecule has 0 N–H and O–H groups in total. The van der Waals surface area contributed by atoms with E-state index < -0.39 is 0 Å². The molecule has 0 saturated heterocycles. The molecule has 11 heavy (non-hydrogen) atoms. The first kappa shape index (κ1) is 8.78. The molecule has 0 unspecified atom stereocenters. The lowest BCUT2D eigenvalue weighted by atomic mass is 9.92. The van der Waals surface area contributed by atoms with Gasteiger partial charge in [-0.05, 0) is 6.92 Å². The highest BCUT2D eigenvalue weighted by atomic mass is 79.9. The van der Waals surface area contributed by atoms with E-state index in [4.69, 9.17) is 4.52 Å². The molecule has 1 heterocycles. The molecule has 3 heteroatoms. The maximum atomic E-state index is 4.98. The first-order chi connectivity index (χ1) is 5.06. The first-order valence-corrected chi connectivity index (χ1v) is 4.68. The lowest BCUT2D eigenvalue weighted by molar-refractivity contribution is 0.377. The van der Waals surface area contributed by atoms with Crippen molar-refractivity contribution >= 4 is 15.9 Å². The predicted molar refractivity (Wildman–Crippen MR) is 48.1 cm³/mol. The fourth-order valence-corrected chi connectivity index (χ4v) is 1.04. The minimum absolute atomic E-state index is 0.0672. The second kappa shape index (κ2) is 2.97. The second-order valence-corrected chi connectivity index (χ2v) is 3.90. The summed E-state index contributed by atoms with van der Waals surface area (Å²) >= 11 is 3.44. The van der Waals surface area contributed by atoms with Gasteiger partial charge in [0.2, 0.25) is 0 Å². The first-order valence-electron chi connectivity index (χ1n) is 3.56. The van der Waals surface area contributed by atoms with Gasteiger partial charge >= 0.3 is 0 Å². The monoisotopic (exact) mass is 217 g/mol. The molecule has 0 aliphatic carbocycles. The van der Waals surface area contributed by atoms with Crippen LogP contribution in [0.4, 0.5) is 0 Å². The molecule has 0 amide bonds. The summed E-state index contributed by atoms with van der Waals surface area (Å²) in [5.74, 6) is 0.869. The highest BCUT2D eigenvalue weighted by molar-refractivity contribution is 9.09. The largest absolute Gasteiger partial charge is 0.361 e. The lowest BCUT2D eigenvalue weighted by Gasteiger charge is -2.16. The quantitative estimate of drug-likeness (QED) is 0.713. The summed E-state index contributed by atoms with van der Waals surface area (Å²) in [6.45, 7) is 6.15. The summed E-state index contributed by atoms with van der Waals surface area (Å²) in [5.41, 5.74) is 1.07. The van der Waals surface area contributed by atoms with Crippen LogP contribution in [0.3, 0.4) is 0 Å². The molecule has 0 spiro atoms. The number of nitrogens with zero attached hydrogens (tertiary/aromatic N) is 1. The van der Waals surface area contributed by atoms with Gasteiger partial charge in [0.25, 0.3) is 0 Å². The van der Waals surface area contributed by atoms with Crippen LogP contribution in [0.2, 0.25) is 0 Å². The van der Waals surface area contributed by atoms with Crippen LogP contribution >= 0.6 is 15.9 Å². The third kappa shape index (κ3) is 1.83. The van der Waals surface area contributed by atoms with Crippen molar-refractivity contribution in [2.24, 2.45) is 0 Å². The van der Waals surface area contributed by atoms with Crippen molar-refractivity contribution in [3.05, 3.63) is 17.5 Å². The van der Waals surface area contributed by atoms with Crippen LogP contribution < -0.4 is 0 Å². The summed E-state index contributed by atoms with van der Waals surface area (Å²) in [7, 11) is 0. The van der Waals surface area contributed by atoms with Crippen LogP contribution in [0, 0.1) is 6.92 Å². The van der Waals surface area contributed by atoms with Crippen molar-refractivity contribution < 1.29 is 4.52 Å². The third-order valence-electron chi connectivity index (χ3n) is 1.66. The van der Waals surface area contributed by atoms with Crippen molar-refractivity contribution in [3.8, 4) is 0 Å².